The fourth-order valence-electron chi connectivity index (χ4n) is 4.73. The topological polar surface area (TPSA) is 112 Å². The summed E-state index contributed by atoms with van der Waals surface area (Å²) in [5.74, 6) is -1.05. The highest BCUT2D eigenvalue weighted by molar-refractivity contribution is 6.31. The highest BCUT2D eigenvalue weighted by Crippen LogP contribution is 2.42. The van der Waals surface area contributed by atoms with Gasteiger partial charge in [-0.3, -0.25) is 4.90 Å². The van der Waals surface area contributed by atoms with Crippen molar-refractivity contribution in [1.82, 2.24) is 4.90 Å². The summed E-state index contributed by atoms with van der Waals surface area (Å²) in [6.07, 6.45) is -5.84. The maximum absolute atomic E-state index is 10.9. The Morgan fingerprint density at radius 2 is 1.69 bits per heavy atom. The van der Waals surface area contributed by atoms with Crippen molar-refractivity contribution in [3.05, 3.63) is 64.2 Å². The number of aliphatic hydroxyl groups excluding tert-OH is 4. The van der Waals surface area contributed by atoms with Crippen LogP contribution in [0.25, 0.3) is 0 Å². The number of ether oxygens (including phenoxy) is 3. The van der Waals surface area contributed by atoms with E-state index >= 15 is 0 Å². The molecule has 0 spiro atoms. The molecule has 0 radical (unpaired) electrons. The minimum Gasteiger partial charge on any atom is -0.494 e. The Balaban J connectivity index is 2.14. The molecule has 0 amide bonds. The molecule has 0 aromatic heterocycles. The third kappa shape index (κ3) is 5.35. The molecule has 9 heteroatoms. The van der Waals surface area contributed by atoms with Crippen molar-refractivity contribution in [3.63, 3.8) is 0 Å². The van der Waals surface area contributed by atoms with E-state index in [2.05, 4.69) is 18.7 Å². The smallest absolute Gasteiger partial charge is 0.224 e. The van der Waals surface area contributed by atoms with E-state index in [0.29, 0.717) is 17.2 Å². The molecule has 2 aromatic carbocycles. The van der Waals surface area contributed by atoms with Crippen molar-refractivity contribution in [2.45, 2.75) is 57.0 Å². The van der Waals surface area contributed by atoms with Crippen LogP contribution in [0, 0.1) is 0 Å². The lowest BCUT2D eigenvalue weighted by Gasteiger charge is -2.47. The average Bonchev–Trinajstić information content (AvgIpc) is 2.88. The number of hydrogen-bond donors (Lipinski definition) is 4. The van der Waals surface area contributed by atoms with Crippen LogP contribution in [0.2, 0.25) is 5.02 Å². The van der Waals surface area contributed by atoms with E-state index in [1.165, 1.54) is 7.11 Å². The molecular formula is C26H36ClNO7. The number of benzene rings is 2. The Bertz CT molecular complexity index is 953. The van der Waals surface area contributed by atoms with E-state index in [-0.39, 0.29) is 6.04 Å². The summed E-state index contributed by atoms with van der Waals surface area (Å²) in [5.41, 5.74) is 2.15. The second-order valence-corrected chi connectivity index (χ2v) is 8.91. The summed E-state index contributed by atoms with van der Waals surface area (Å²) in [7, 11) is 1.34. The number of halogens is 1. The lowest BCUT2D eigenvalue weighted by Crippen LogP contribution is -2.64. The Labute approximate surface area is 211 Å². The molecule has 1 saturated heterocycles. The van der Waals surface area contributed by atoms with E-state index in [9.17, 15) is 20.4 Å². The highest BCUT2D eigenvalue weighted by Gasteiger charge is 2.55. The van der Waals surface area contributed by atoms with E-state index in [1.54, 1.807) is 18.2 Å². The van der Waals surface area contributed by atoms with Gasteiger partial charge in [0.15, 0.2) is 0 Å². The second-order valence-electron chi connectivity index (χ2n) is 8.50. The van der Waals surface area contributed by atoms with Gasteiger partial charge in [0.1, 0.15) is 30.2 Å². The molecule has 3 rings (SSSR count). The van der Waals surface area contributed by atoms with Gasteiger partial charge in [0, 0.05) is 17.7 Å². The second kappa shape index (κ2) is 12.0. The van der Waals surface area contributed by atoms with Crippen molar-refractivity contribution in [2.24, 2.45) is 0 Å². The van der Waals surface area contributed by atoms with Crippen molar-refractivity contribution in [2.75, 3.05) is 33.4 Å². The standard InChI is InChI=1S/C26H36ClNO7/c1-5-28(6-2)22(16-8-11-18(12-9-16)34-7-3)19-14-17(10-13-20(19)27)26(33-4)25(32)24(31)23(30)21(15-29)35-26/h8-14,21-25,29-32H,5-7,15H2,1-4H3/t21-,22?,23-,24+,25-,26+/m1/s1. The first-order valence-electron chi connectivity index (χ1n) is 11.9. The molecule has 1 aliphatic rings. The van der Waals surface area contributed by atoms with Crippen LogP contribution in [0.4, 0.5) is 0 Å². The van der Waals surface area contributed by atoms with Crippen molar-refractivity contribution >= 4 is 11.6 Å². The minimum atomic E-state index is -1.82. The largest absolute Gasteiger partial charge is 0.494 e. The molecule has 4 N–H and O–H groups in total. The van der Waals surface area contributed by atoms with Crippen molar-refractivity contribution < 1.29 is 34.6 Å². The van der Waals surface area contributed by atoms with Crippen LogP contribution >= 0.6 is 11.6 Å². The van der Waals surface area contributed by atoms with E-state index in [1.807, 2.05) is 31.2 Å². The van der Waals surface area contributed by atoms with Crippen molar-refractivity contribution in [3.8, 4) is 5.75 Å². The van der Waals surface area contributed by atoms with Gasteiger partial charge in [0.2, 0.25) is 5.79 Å². The summed E-state index contributed by atoms with van der Waals surface area (Å²) in [4.78, 5) is 2.24. The molecule has 1 heterocycles. The molecule has 0 bridgehead atoms. The van der Waals surface area contributed by atoms with Crippen LogP contribution in [0.1, 0.15) is 43.5 Å². The molecule has 1 fully saturated rings. The van der Waals surface area contributed by atoms with Gasteiger partial charge in [0.25, 0.3) is 0 Å². The molecule has 1 unspecified atom stereocenters. The third-order valence-corrected chi connectivity index (χ3v) is 6.97. The van der Waals surface area contributed by atoms with E-state index in [4.69, 9.17) is 25.8 Å². The zero-order valence-corrected chi connectivity index (χ0v) is 21.4. The van der Waals surface area contributed by atoms with Gasteiger partial charge in [-0.25, -0.2) is 0 Å². The van der Waals surface area contributed by atoms with Crippen molar-refractivity contribution in [1.29, 1.82) is 0 Å². The third-order valence-electron chi connectivity index (χ3n) is 6.63. The number of rotatable bonds is 10. The van der Waals surface area contributed by atoms with Gasteiger partial charge in [-0.2, -0.15) is 0 Å². The Morgan fingerprint density at radius 1 is 1.03 bits per heavy atom. The molecular weight excluding hydrogens is 474 g/mol. The Morgan fingerprint density at radius 3 is 2.23 bits per heavy atom. The summed E-state index contributed by atoms with van der Waals surface area (Å²) in [6.45, 7) is 7.58. The molecule has 8 nitrogen and oxygen atoms in total. The molecule has 2 aromatic rings. The quantitative estimate of drug-likeness (QED) is 0.386. The highest BCUT2D eigenvalue weighted by atomic mass is 35.5. The first-order valence-corrected chi connectivity index (χ1v) is 12.3. The Hall–Kier alpha value is -1.75. The van der Waals surface area contributed by atoms with Gasteiger partial charge in [-0.15, -0.1) is 0 Å². The van der Waals surface area contributed by atoms with E-state index < -0.39 is 36.8 Å². The number of hydrogen-bond acceptors (Lipinski definition) is 8. The van der Waals surface area contributed by atoms with Gasteiger partial charge in [0.05, 0.1) is 19.3 Å². The van der Waals surface area contributed by atoms with Crippen LogP contribution in [0.15, 0.2) is 42.5 Å². The molecule has 0 aliphatic carbocycles. The molecule has 35 heavy (non-hydrogen) atoms. The number of aliphatic hydroxyl groups is 4. The number of nitrogens with zero attached hydrogens (tertiary/aromatic N) is 1. The minimum absolute atomic E-state index is 0.230. The predicted octanol–water partition coefficient (Wildman–Crippen LogP) is 2.44. The lowest BCUT2D eigenvalue weighted by atomic mass is 9.86. The predicted molar refractivity (Wildman–Crippen MR) is 132 cm³/mol. The first-order chi connectivity index (χ1) is 16.8. The molecule has 6 atom stereocenters. The SMILES string of the molecule is CCOc1ccc(C(c2cc([C@]3(OC)O[C@H](CO)[C@@H](O)[C@H](O)[C@H]3O)ccc2Cl)N(CC)CC)cc1. The van der Waals surface area contributed by atoms with Gasteiger partial charge in [-0.1, -0.05) is 43.6 Å². The molecule has 194 valence electrons. The maximum Gasteiger partial charge on any atom is 0.224 e. The van der Waals surface area contributed by atoms with Crippen LogP contribution in [-0.2, 0) is 15.3 Å². The van der Waals surface area contributed by atoms with Gasteiger partial charge < -0.3 is 34.6 Å². The fourth-order valence-corrected chi connectivity index (χ4v) is 4.95. The van der Waals surface area contributed by atoms with Crippen LogP contribution in [-0.4, -0.2) is 83.2 Å². The molecule has 1 aliphatic heterocycles. The summed E-state index contributed by atoms with van der Waals surface area (Å²) in [5, 5.41) is 41.9. The van der Waals surface area contributed by atoms with Crippen LogP contribution < -0.4 is 4.74 Å². The summed E-state index contributed by atoms with van der Waals surface area (Å²) < 4.78 is 17.1. The summed E-state index contributed by atoms with van der Waals surface area (Å²) in [6, 6.07) is 12.7. The van der Waals surface area contributed by atoms with E-state index in [0.717, 1.165) is 30.0 Å². The summed E-state index contributed by atoms with van der Waals surface area (Å²) >= 11 is 6.73. The number of methoxy groups -OCH3 is 1. The zero-order valence-electron chi connectivity index (χ0n) is 20.6. The van der Waals surface area contributed by atoms with Gasteiger partial charge >= 0.3 is 0 Å². The molecule has 0 saturated carbocycles. The fraction of sp³-hybridized carbons (Fsp3) is 0.538. The average molecular weight is 510 g/mol. The van der Waals surface area contributed by atoms with Crippen LogP contribution in [0.3, 0.4) is 0 Å². The normalized spacial score (nSPS) is 27.7. The zero-order chi connectivity index (χ0) is 25.8. The monoisotopic (exact) mass is 509 g/mol. The van der Waals surface area contributed by atoms with Crippen LogP contribution in [0.5, 0.6) is 5.75 Å². The van der Waals surface area contributed by atoms with Gasteiger partial charge in [-0.05, 0) is 55.4 Å². The Kier molecular flexibility index (Phi) is 9.53. The lowest BCUT2D eigenvalue weighted by molar-refractivity contribution is -0.366. The maximum atomic E-state index is 10.9. The first kappa shape index (κ1) is 27.8.